The monoisotopic (exact) mass is 250 g/mol. The van der Waals surface area contributed by atoms with Crippen molar-refractivity contribution < 1.29 is 18.3 Å². The first-order valence-electron chi connectivity index (χ1n) is 5.31. The molecule has 0 saturated heterocycles. The van der Waals surface area contributed by atoms with E-state index in [0.29, 0.717) is 0 Å². The van der Waals surface area contributed by atoms with Crippen molar-refractivity contribution in [1.29, 1.82) is 0 Å². The zero-order chi connectivity index (χ0) is 12.2. The van der Waals surface area contributed by atoms with Crippen molar-refractivity contribution in [3.63, 3.8) is 0 Å². The number of hydrogen-bond donors (Lipinski definition) is 3. The van der Waals surface area contributed by atoms with E-state index < -0.39 is 16.0 Å². The molecule has 0 atom stereocenters. The number of rotatable bonds is 7. The Kier molecular flexibility index (Phi) is 4.28. The van der Waals surface area contributed by atoms with E-state index in [4.69, 9.17) is 10.8 Å². The quantitative estimate of drug-likeness (QED) is 0.572. The van der Waals surface area contributed by atoms with Crippen LogP contribution in [0.5, 0.6) is 0 Å². The first-order valence-corrected chi connectivity index (χ1v) is 6.96. The van der Waals surface area contributed by atoms with Crippen LogP contribution in [-0.2, 0) is 14.8 Å². The molecule has 0 heterocycles. The van der Waals surface area contributed by atoms with Gasteiger partial charge >= 0.3 is 5.97 Å². The Morgan fingerprint density at radius 1 is 1.44 bits per heavy atom. The summed E-state index contributed by atoms with van der Waals surface area (Å²) in [7, 11) is -3.38. The molecule has 0 aliphatic heterocycles. The van der Waals surface area contributed by atoms with Crippen LogP contribution >= 0.6 is 0 Å². The third-order valence-corrected chi connectivity index (χ3v) is 4.21. The summed E-state index contributed by atoms with van der Waals surface area (Å²) in [4.78, 5) is 10.2. The van der Waals surface area contributed by atoms with Gasteiger partial charge in [-0.1, -0.05) is 0 Å². The van der Waals surface area contributed by atoms with Gasteiger partial charge in [0.15, 0.2) is 0 Å². The minimum atomic E-state index is -3.38. The van der Waals surface area contributed by atoms with Gasteiger partial charge in [-0.2, -0.15) is 0 Å². The molecule has 0 aromatic heterocycles. The molecule has 1 fully saturated rings. The number of carboxylic acid groups (broad SMARTS) is 1. The van der Waals surface area contributed by atoms with Crippen LogP contribution in [0.25, 0.3) is 0 Å². The number of carboxylic acids is 1. The summed E-state index contributed by atoms with van der Waals surface area (Å²) < 4.78 is 25.3. The Morgan fingerprint density at radius 2 is 2.06 bits per heavy atom. The van der Waals surface area contributed by atoms with Gasteiger partial charge < -0.3 is 10.8 Å². The molecule has 1 aliphatic rings. The Bertz CT molecular complexity index is 349. The van der Waals surface area contributed by atoms with Crippen LogP contribution in [0.3, 0.4) is 0 Å². The number of aliphatic carboxylic acids is 1. The van der Waals surface area contributed by atoms with E-state index in [2.05, 4.69) is 4.72 Å². The van der Waals surface area contributed by atoms with Crippen LogP contribution in [0.2, 0.25) is 0 Å². The summed E-state index contributed by atoms with van der Waals surface area (Å²) in [5, 5.41) is 8.38. The highest BCUT2D eigenvalue weighted by Crippen LogP contribution is 2.28. The molecule has 0 spiro atoms. The van der Waals surface area contributed by atoms with Crippen molar-refractivity contribution in [2.45, 2.75) is 37.6 Å². The summed E-state index contributed by atoms with van der Waals surface area (Å²) in [5.41, 5.74) is 5.48. The standard InChI is InChI=1S/C9H18N2O4S/c10-9(4-2-5-9)7-11-16(14,15)6-1-3-8(12)13/h11H,1-7,10H2,(H,12,13). The maximum atomic E-state index is 11.4. The van der Waals surface area contributed by atoms with Gasteiger partial charge in [-0.25, -0.2) is 13.1 Å². The highest BCUT2D eigenvalue weighted by molar-refractivity contribution is 7.89. The van der Waals surface area contributed by atoms with Crippen molar-refractivity contribution >= 4 is 16.0 Å². The fourth-order valence-corrected chi connectivity index (χ4v) is 2.72. The molecule has 0 amide bonds. The largest absolute Gasteiger partial charge is 0.481 e. The predicted molar refractivity (Wildman–Crippen MR) is 59.4 cm³/mol. The normalized spacial score (nSPS) is 19.1. The molecule has 0 aromatic rings. The Hall–Kier alpha value is -0.660. The molecule has 7 heteroatoms. The van der Waals surface area contributed by atoms with Crippen molar-refractivity contribution in [2.24, 2.45) is 5.73 Å². The van der Waals surface area contributed by atoms with Crippen LogP contribution in [0.1, 0.15) is 32.1 Å². The molecule has 1 saturated carbocycles. The topological polar surface area (TPSA) is 109 Å². The molecule has 16 heavy (non-hydrogen) atoms. The Labute approximate surface area is 95.3 Å². The number of nitrogens with one attached hydrogen (secondary N) is 1. The lowest BCUT2D eigenvalue weighted by Crippen LogP contribution is -2.55. The van der Waals surface area contributed by atoms with Gasteiger partial charge in [-0.15, -0.1) is 0 Å². The molecule has 0 unspecified atom stereocenters. The molecule has 4 N–H and O–H groups in total. The van der Waals surface area contributed by atoms with E-state index >= 15 is 0 Å². The first kappa shape index (κ1) is 13.4. The Morgan fingerprint density at radius 3 is 2.50 bits per heavy atom. The Balaban J connectivity index is 2.25. The fraction of sp³-hybridized carbons (Fsp3) is 0.889. The van der Waals surface area contributed by atoms with Crippen LogP contribution < -0.4 is 10.5 Å². The minimum absolute atomic E-state index is 0.127. The van der Waals surface area contributed by atoms with Crippen LogP contribution in [0.15, 0.2) is 0 Å². The number of nitrogens with two attached hydrogens (primary N) is 1. The van der Waals surface area contributed by atoms with E-state index in [1.54, 1.807) is 0 Å². The predicted octanol–water partition coefficient (Wildman–Crippen LogP) is -0.348. The van der Waals surface area contributed by atoms with Crippen LogP contribution in [0, 0.1) is 0 Å². The van der Waals surface area contributed by atoms with Gasteiger partial charge in [0.1, 0.15) is 0 Å². The van der Waals surface area contributed by atoms with Crippen molar-refractivity contribution in [3.8, 4) is 0 Å². The van der Waals surface area contributed by atoms with E-state index in [0.717, 1.165) is 19.3 Å². The molecular formula is C9H18N2O4S. The highest BCUT2D eigenvalue weighted by Gasteiger charge is 2.33. The number of hydrogen-bond acceptors (Lipinski definition) is 4. The van der Waals surface area contributed by atoms with Gasteiger partial charge in [0, 0.05) is 18.5 Å². The highest BCUT2D eigenvalue weighted by atomic mass is 32.2. The smallest absolute Gasteiger partial charge is 0.303 e. The summed E-state index contributed by atoms with van der Waals surface area (Å²) in [6.07, 6.45) is 2.71. The van der Waals surface area contributed by atoms with E-state index in [1.165, 1.54) is 0 Å². The molecule has 0 aromatic carbocycles. The lowest BCUT2D eigenvalue weighted by Gasteiger charge is -2.38. The van der Waals surface area contributed by atoms with Crippen LogP contribution in [-0.4, -0.2) is 37.3 Å². The van der Waals surface area contributed by atoms with E-state index in [-0.39, 0.29) is 30.7 Å². The van der Waals surface area contributed by atoms with Crippen molar-refractivity contribution in [3.05, 3.63) is 0 Å². The number of carbonyl (C=O) groups is 1. The SMILES string of the molecule is NC1(CNS(=O)(=O)CCCC(=O)O)CCC1. The molecule has 6 nitrogen and oxygen atoms in total. The zero-order valence-electron chi connectivity index (χ0n) is 9.11. The molecule has 94 valence electrons. The first-order chi connectivity index (χ1) is 7.33. The average molecular weight is 250 g/mol. The summed E-state index contributed by atoms with van der Waals surface area (Å²) in [5.74, 6) is -1.14. The number of sulfonamides is 1. The lowest BCUT2D eigenvalue weighted by molar-refractivity contribution is -0.137. The maximum absolute atomic E-state index is 11.4. The van der Waals surface area contributed by atoms with Gasteiger partial charge in [0.2, 0.25) is 10.0 Å². The second kappa shape index (κ2) is 5.11. The average Bonchev–Trinajstić information content (AvgIpc) is 2.11. The zero-order valence-corrected chi connectivity index (χ0v) is 9.92. The minimum Gasteiger partial charge on any atom is -0.481 e. The summed E-state index contributed by atoms with van der Waals surface area (Å²) >= 11 is 0. The lowest BCUT2D eigenvalue weighted by atomic mass is 9.78. The molecule has 1 aliphatic carbocycles. The van der Waals surface area contributed by atoms with Crippen LogP contribution in [0.4, 0.5) is 0 Å². The second-order valence-corrected chi connectivity index (χ2v) is 6.28. The maximum Gasteiger partial charge on any atom is 0.303 e. The van der Waals surface area contributed by atoms with Crippen molar-refractivity contribution in [2.75, 3.05) is 12.3 Å². The van der Waals surface area contributed by atoms with Gasteiger partial charge in [-0.05, 0) is 25.7 Å². The van der Waals surface area contributed by atoms with Crippen molar-refractivity contribution in [1.82, 2.24) is 4.72 Å². The van der Waals surface area contributed by atoms with Gasteiger partial charge in [0.05, 0.1) is 5.75 Å². The molecule has 0 radical (unpaired) electrons. The summed E-state index contributed by atoms with van der Waals surface area (Å²) in [6.45, 7) is 0.252. The molecule has 0 bridgehead atoms. The van der Waals surface area contributed by atoms with E-state index in [1.807, 2.05) is 0 Å². The third kappa shape index (κ3) is 4.46. The third-order valence-electron chi connectivity index (χ3n) is 2.80. The van der Waals surface area contributed by atoms with Gasteiger partial charge in [-0.3, -0.25) is 4.79 Å². The second-order valence-electron chi connectivity index (χ2n) is 4.35. The van der Waals surface area contributed by atoms with Gasteiger partial charge in [0.25, 0.3) is 0 Å². The fourth-order valence-electron chi connectivity index (χ4n) is 1.55. The molecular weight excluding hydrogens is 232 g/mol. The summed E-state index contributed by atoms with van der Waals surface area (Å²) in [6, 6.07) is 0. The molecule has 1 rings (SSSR count). The van der Waals surface area contributed by atoms with E-state index in [9.17, 15) is 13.2 Å².